The lowest BCUT2D eigenvalue weighted by Crippen LogP contribution is -2.25. The zero-order valence-corrected chi connectivity index (χ0v) is 11.7. The van der Waals surface area contributed by atoms with Gasteiger partial charge in [0, 0.05) is 25.4 Å². The van der Waals surface area contributed by atoms with Gasteiger partial charge in [-0.05, 0) is 24.8 Å². The summed E-state index contributed by atoms with van der Waals surface area (Å²) in [5.74, 6) is -0.305. The summed E-state index contributed by atoms with van der Waals surface area (Å²) in [6.07, 6.45) is 2.87. The van der Waals surface area contributed by atoms with Crippen LogP contribution in [0.2, 0.25) is 0 Å². The van der Waals surface area contributed by atoms with E-state index in [1.54, 1.807) is 0 Å². The standard InChI is InChI=1S/C15H23N3O2/c16-13(12-6-2-1-3-7-12)9-10-15(20)18-11-5-4-8-14(17)19/h1-3,6-7,13H,4-5,8-11,16H2,(H2,17,19)(H,18,20). The average molecular weight is 277 g/mol. The Morgan fingerprint density at radius 1 is 1.10 bits per heavy atom. The van der Waals surface area contributed by atoms with Gasteiger partial charge in [-0.1, -0.05) is 30.3 Å². The molecule has 1 unspecified atom stereocenters. The van der Waals surface area contributed by atoms with Crippen molar-refractivity contribution in [2.24, 2.45) is 11.5 Å². The summed E-state index contributed by atoms with van der Waals surface area (Å²) in [6.45, 7) is 0.576. The summed E-state index contributed by atoms with van der Waals surface area (Å²) < 4.78 is 0. The van der Waals surface area contributed by atoms with Crippen molar-refractivity contribution in [2.45, 2.75) is 38.1 Å². The van der Waals surface area contributed by atoms with E-state index in [1.807, 2.05) is 30.3 Å². The first kappa shape index (κ1) is 16.2. The van der Waals surface area contributed by atoms with E-state index in [-0.39, 0.29) is 17.9 Å². The van der Waals surface area contributed by atoms with Crippen LogP contribution in [-0.4, -0.2) is 18.4 Å². The van der Waals surface area contributed by atoms with Crippen LogP contribution in [-0.2, 0) is 9.59 Å². The minimum absolute atomic E-state index is 0.00421. The fraction of sp³-hybridized carbons (Fsp3) is 0.467. The summed E-state index contributed by atoms with van der Waals surface area (Å²) in [5, 5.41) is 2.82. The summed E-state index contributed by atoms with van der Waals surface area (Å²) in [7, 11) is 0. The first-order valence-electron chi connectivity index (χ1n) is 6.95. The van der Waals surface area contributed by atoms with Gasteiger partial charge >= 0.3 is 0 Å². The van der Waals surface area contributed by atoms with E-state index in [0.29, 0.717) is 32.2 Å². The SMILES string of the molecule is NC(=O)CCCCNC(=O)CCC(N)c1ccccc1. The number of amides is 2. The highest BCUT2D eigenvalue weighted by Crippen LogP contribution is 2.14. The fourth-order valence-corrected chi connectivity index (χ4v) is 1.89. The normalized spacial score (nSPS) is 11.8. The van der Waals surface area contributed by atoms with E-state index in [1.165, 1.54) is 0 Å². The molecule has 1 aromatic rings. The van der Waals surface area contributed by atoms with Crippen LogP contribution in [0.25, 0.3) is 0 Å². The van der Waals surface area contributed by atoms with Gasteiger partial charge in [-0.15, -0.1) is 0 Å². The Morgan fingerprint density at radius 3 is 2.45 bits per heavy atom. The van der Waals surface area contributed by atoms with E-state index in [0.717, 1.165) is 12.0 Å². The molecule has 0 aromatic heterocycles. The minimum Gasteiger partial charge on any atom is -0.370 e. The average Bonchev–Trinajstić information content (AvgIpc) is 2.45. The van der Waals surface area contributed by atoms with Crippen LogP contribution in [0.1, 0.15) is 43.7 Å². The Balaban J connectivity index is 2.12. The van der Waals surface area contributed by atoms with Crippen molar-refractivity contribution >= 4 is 11.8 Å². The van der Waals surface area contributed by atoms with Crippen LogP contribution in [0.3, 0.4) is 0 Å². The van der Waals surface area contributed by atoms with Crippen molar-refractivity contribution in [3.05, 3.63) is 35.9 Å². The molecule has 2 amide bonds. The van der Waals surface area contributed by atoms with E-state index in [9.17, 15) is 9.59 Å². The van der Waals surface area contributed by atoms with E-state index in [4.69, 9.17) is 11.5 Å². The van der Waals surface area contributed by atoms with Gasteiger partial charge in [0.05, 0.1) is 0 Å². The maximum absolute atomic E-state index is 11.6. The Morgan fingerprint density at radius 2 is 1.80 bits per heavy atom. The Labute approximate surface area is 119 Å². The van der Waals surface area contributed by atoms with Gasteiger partial charge in [-0.25, -0.2) is 0 Å². The number of rotatable bonds is 9. The third-order valence-electron chi connectivity index (χ3n) is 3.08. The lowest BCUT2D eigenvalue weighted by molar-refractivity contribution is -0.121. The molecule has 5 heteroatoms. The smallest absolute Gasteiger partial charge is 0.220 e. The van der Waals surface area contributed by atoms with Crippen molar-refractivity contribution in [1.82, 2.24) is 5.32 Å². The first-order chi connectivity index (χ1) is 9.59. The number of nitrogens with two attached hydrogens (primary N) is 2. The fourth-order valence-electron chi connectivity index (χ4n) is 1.89. The van der Waals surface area contributed by atoms with Crippen molar-refractivity contribution in [3.63, 3.8) is 0 Å². The van der Waals surface area contributed by atoms with Crippen LogP contribution in [0.4, 0.5) is 0 Å². The second-order valence-electron chi connectivity index (χ2n) is 4.83. The topological polar surface area (TPSA) is 98.2 Å². The van der Waals surface area contributed by atoms with E-state index >= 15 is 0 Å². The molecule has 0 saturated heterocycles. The van der Waals surface area contributed by atoms with Crippen LogP contribution in [0, 0.1) is 0 Å². The predicted octanol–water partition coefficient (Wildman–Crippen LogP) is 1.24. The predicted molar refractivity (Wildman–Crippen MR) is 78.7 cm³/mol. The van der Waals surface area contributed by atoms with Gasteiger partial charge in [0.15, 0.2) is 0 Å². The molecule has 0 aliphatic rings. The summed E-state index contributed by atoms with van der Waals surface area (Å²) >= 11 is 0. The zero-order chi connectivity index (χ0) is 14.8. The molecule has 110 valence electrons. The third-order valence-corrected chi connectivity index (χ3v) is 3.08. The van der Waals surface area contributed by atoms with Gasteiger partial charge in [-0.2, -0.15) is 0 Å². The number of benzene rings is 1. The minimum atomic E-state index is -0.301. The highest BCUT2D eigenvalue weighted by molar-refractivity contribution is 5.76. The number of hydrogen-bond donors (Lipinski definition) is 3. The largest absolute Gasteiger partial charge is 0.370 e. The molecule has 0 bridgehead atoms. The lowest BCUT2D eigenvalue weighted by atomic mass is 10.0. The molecule has 0 radical (unpaired) electrons. The number of carbonyl (C=O) groups is 2. The van der Waals surface area contributed by atoms with Crippen LogP contribution >= 0.6 is 0 Å². The van der Waals surface area contributed by atoms with Crippen LogP contribution < -0.4 is 16.8 Å². The lowest BCUT2D eigenvalue weighted by Gasteiger charge is -2.11. The maximum atomic E-state index is 11.6. The quantitative estimate of drug-likeness (QED) is 0.592. The number of carbonyl (C=O) groups excluding carboxylic acids is 2. The molecule has 5 N–H and O–H groups in total. The highest BCUT2D eigenvalue weighted by atomic mass is 16.1. The maximum Gasteiger partial charge on any atom is 0.220 e. The molecule has 5 nitrogen and oxygen atoms in total. The summed E-state index contributed by atoms with van der Waals surface area (Å²) in [4.78, 5) is 22.1. The molecule has 1 aromatic carbocycles. The van der Waals surface area contributed by atoms with Crippen molar-refractivity contribution < 1.29 is 9.59 Å². The van der Waals surface area contributed by atoms with Crippen molar-refractivity contribution in [3.8, 4) is 0 Å². The van der Waals surface area contributed by atoms with Crippen molar-refractivity contribution in [2.75, 3.05) is 6.54 Å². The number of primary amides is 1. The Bertz CT molecular complexity index is 420. The molecule has 0 heterocycles. The van der Waals surface area contributed by atoms with Gasteiger partial charge in [0.25, 0.3) is 0 Å². The number of nitrogens with one attached hydrogen (secondary N) is 1. The van der Waals surface area contributed by atoms with Gasteiger partial charge in [0.1, 0.15) is 0 Å². The molecular weight excluding hydrogens is 254 g/mol. The second kappa shape index (κ2) is 9.09. The monoisotopic (exact) mass is 277 g/mol. The first-order valence-corrected chi connectivity index (χ1v) is 6.95. The Hall–Kier alpha value is -1.88. The zero-order valence-electron chi connectivity index (χ0n) is 11.7. The molecule has 1 atom stereocenters. The van der Waals surface area contributed by atoms with Crippen LogP contribution in [0.5, 0.6) is 0 Å². The summed E-state index contributed by atoms with van der Waals surface area (Å²) in [6, 6.07) is 9.63. The molecule has 0 fully saturated rings. The molecule has 0 aliphatic carbocycles. The molecule has 0 saturated carbocycles. The summed E-state index contributed by atoms with van der Waals surface area (Å²) in [5.41, 5.74) is 12.1. The van der Waals surface area contributed by atoms with E-state index < -0.39 is 0 Å². The molecule has 20 heavy (non-hydrogen) atoms. The highest BCUT2D eigenvalue weighted by Gasteiger charge is 2.08. The van der Waals surface area contributed by atoms with Gasteiger partial charge < -0.3 is 16.8 Å². The molecule has 0 spiro atoms. The van der Waals surface area contributed by atoms with Gasteiger partial charge in [0.2, 0.25) is 11.8 Å². The van der Waals surface area contributed by atoms with Gasteiger partial charge in [-0.3, -0.25) is 9.59 Å². The van der Waals surface area contributed by atoms with Crippen molar-refractivity contribution in [1.29, 1.82) is 0 Å². The number of unbranched alkanes of at least 4 members (excludes halogenated alkanes) is 1. The molecular formula is C15H23N3O2. The molecule has 0 aliphatic heterocycles. The second-order valence-corrected chi connectivity index (χ2v) is 4.83. The number of hydrogen-bond acceptors (Lipinski definition) is 3. The third kappa shape index (κ3) is 6.89. The molecule has 1 rings (SSSR count). The van der Waals surface area contributed by atoms with E-state index in [2.05, 4.69) is 5.32 Å². The van der Waals surface area contributed by atoms with Crippen LogP contribution in [0.15, 0.2) is 30.3 Å². The Kier molecular flexibility index (Phi) is 7.35.